The Hall–Kier alpha value is -0.0800. The van der Waals surface area contributed by atoms with Crippen LogP contribution in [0.3, 0.4) is 0 Å². The third-order valence-corrected chi connectivity index (χ3v) is 6.38. The Morgan fingerprint density at radius 1 is 1.00 bits per heavy atom. The van der Waals surface area contributed by atoms with Crippen molar-refractivity contribution in [2.75, 3.05) is 13.2 Å². The van der Waals surface area contributed by atoms with Gasteiger partial charge in [0.05, 0.1) is 6.10 Å². The van der Waals surface area contributed by atoms with Crippen LogP contribution >= 0.6 is 0 Å². The van der Waals surface area contributed by atoms with Crippen LogP contribution in [-0.4, -0.2) is 25.3 Å². The van der Waals surface area contributed by atoms with Gasteiger partial charge >= 0.3 is 0 Å². The minimum Gasteiger partial charge on any atom is -0.378 e. The Labute approximate surface area is 111 Å². The average molecular weight is 249 g/mol. The van der Waals surface area contributed by atoms with E-state index in [1.165, 1.54) is 38.6 Å². The lowest BCUT2D eigenvalue weighted by Crippen LogP contribution is -2.55. The molecule has 4 aliphatic carbocycles. The molecule has 2 heteroatoms. The summed E-state index contributed by atoms with van der Waals surface area (Å²) in [7, 11) is 0. The smallest absolute Gasteiger partial charge is 0.0588 e. The van der Waals surface area contributed by atoms with Gasteiger partial charge in [0, 0.05) is 19.2 Å². The molecule has 4 bridgehead atoms. The van der Waals surface area contributed by atoms with Gasteiger partial charge in [-0.15, -0.1) is 0 Å². The molecule has 4 saturated carbocycles. The maximum absolute atomic E-state index is 5.68. The molecule has 0 aromatic carbocycles. The Kier molecular flexibility index (Phi) is 2.92. The third-order valence-electron chi connectivity index (χ3n) is 6.38. The number of hydrogen-bond acceptors (Lipinski definition) is 2. The maximum Gasteiger partial charge on any atom is 0.0588 e. The average Bonchev–Trinajstić information content (AvgIpc) is 2.73. The normalized spacial score (nSPS) is 54.2. The summed E-state index contributed by atoms with van der Waals surface area (Å²) in [6, 6.07) is 0.852. The maximum atomic E-state index is 5.68. The molecule has 0 spiro atoms. The highest BCUT2D eigenvalue weighted by atomic mass is 16.5. The molecule has 1 N–H and O–H groups in total. The lowest BCUT2D eigenvalue weighted by Gasteiger charge is -2.54. The van der Waals surface area contributed by atoms with Gasteiger partial charge in [-0.1, -0.05) is 0 Å². The SMILES string of the molecule is CC1OCCC1CNC1C2CC3CC(C2)CC1C3. The molecule has 5 rings (SSSR count). The summed E-state index contributed by atoms with van der Waals surface area (Å²) in [6.07, 6.45) is 9.43. The van der Waals surface area contributed by atoms with E-state index in [1.54, 1.807) is 6.42 Å². The summed E-state index contributed by atoms with van der Waals surface area (Å²) < 4.78 is 5.68. The molecule has 102 valence electrons. The van der Waals surface area contributed by atoms with E-state index in [9.17, 15) is 0 Å². The molecule has 5 fully saturated rings. The van der Waals surface area contributed by atoms with Crippen LogP contribution in [0.1, 0.15) is 45.4 Å². The topological polar surface area (TPSA) is 21.3 Å². The molecule has 0 aromatic heterocycles. The minimum absolute atomic E-state index is 0.481. The predicted octanol–water partition coefficient (Wildman–Crippen LogP) is 2.83. The van der Waals surface area contributed by atoms with E-state index in [0.717, 1.165) is 42.2 Å². The summed E-state index contributed by atoms with van der Waals surface area (Å²) in [4.78, 5) is 0. The molecular formula is C16H27NO. The largest absolute Gasteiger partial charge is 0.378 e. The fourth-order valence-corrected chi connectivity index (χ4v) is 5.59. The molecule has 2 nitrogen and oxygen atoms in total. The summed E-state index contributed by atoms with van der Waals surface area (Å²) in [5.41, 5.74) is 0. The van der Waals surface area contributed by atoms with Crippen molar-refractivity contribution in [3.63, 3.8) is 0 Å². The van der Waals surface area contributed by atoms with Crippen LogP contribution in [0.15, 0.2) is 0 Å². The van der Waals surface area contributed by atoms with Gasteiger partial charge in [-0.2, -0.15) is 0 Å². The van der Waals surface area contributed by atoms with Crippen molar-refractivity contribution in [2.45, 2.75) is 57.6 Å². The van der Waals surface area contributed by atoms with E-state index in [0.29, 0.717) is 6.10 Å². The Balaban J connectivity index is 1.37. The van der Waals surface area contributed by atoms with E-state index in [-0.39, 0.29) is 0 Å². The van der Waals surface area contributed by atoms with Crippen molar-refractivity contribution >= 4 is 0 Å². The Bertz CT molecular complexity index is 288. The fraction of sp³-hybridized carbons (Fsp3) is 1.00. The summed E-state index contributed by atoms with van der Waals surface area (Å²) in [5.74, 6) is 4.98. The molecule has 18 heavy (non-hydrogen) atoms. The van der Waals surface area contributed by atoms with Crippen LogP contribution in [0, 0.1) is 29.6 Å². The fourth-order valence-electron chi connectivity index (χ4n) is 5.59. The first-order valence-electron chi connectivity index (χ1n) is 8.14. The predicted molar refractivity (Wildman–Crippen MR) is 72.4 cm³/mol. The minimum atomic E-state index is 0.481. The van der Waals surface area contributed by atoms with Crippen LogP contribution in [0.2, 0.25) is 0 Å². The zero-order chi connectivity index (χ0) is 12.1. The summed E-state index contributed by atoms with van der Waals surface area (Å²) >= 11 is 0. The van der Waals surface area contributed by atoms with Gasteiger partial charge < -0.3 is 10.1 Å². The van der Waals surface area contributed by atoms with E-state index in [4.69, 9.17) is 4.74 Å². The Morgan fingerprint density at radius 2 is 1.67 bits per heavy atom. The van der Waals surface area contributed by atoms with Crippen LogP contribution < -0.4 is 5.32 Å². The van der Waals surface area contributed by atoms with E-state index < -0.39 is 0 Å². The number of ether oxygens (including phenoxy) is 1. The van der Waals surface area contributed by atoms with Crippen molar-refractivity contribution in [1.29, 1.82) is 0 Å². The molecular weight excluding hydrogens is 222 g/mol. The van der Waals surface area contributed by atoms with Gasteiger partial charge in [0.2, 0.25) is 0 Å². The molecule has 1 saturated heterocycles. The van der Waals surface area contributed by atoms with Gasteiger partial charge in [-0.05, 0) is 75.0 Å². The second-order valence-electron chi connectivity index (χ2n) is 7.49. The van der Waals surface area contributed by atoms with Gasteiger partial charge in [-0.3, -0.25) is 0 Å². The monoisotopic (exact) mass is 249 g/mol. The molecule has 1 heterocycles. The molecule has 1 aliphatic heterocycles. The van der Waals surface area contributed by atoms with Crippen LogP contribution in [-0.2, 0) is 4.74 Å². The molecule has 0 amide bonds. The van der Waals surface area contributed by atoms with Crippen LogP contribution in [0.4, 0.5) is 0 Å². The molecule has 0 radical (unpaired) electrons. The first-order valence-corrected chi connectivity index (χ1v) is 8.14. The zero-order valence-corrected chi connectivity index (χ0v) is 11.6. The van der Waals surface area contributed by atoms with Crippen molar-refractivity contribution < 1.29 is 4.74 Å². The van der Waals surface area contributed by atoms with Crippen molar-refractivity contribution in [3.05, 3.63) is 0 Å². The first kappa shape index (κ1) is 11.7. The highest BCUT2D eigenvalue weighted by molar-refractivity contribution is 5.01. The van der Waals surface area contributed by atoms with Crippen LogP contribution in [0.5, 0.6) is 0 Å². The molecule has 2 atom stereocenters. The van der Waals surface area contributed by atoms with E-state index >= 15 is 0 Å². The van der Waals surface area contributed by atoms with Crippen LogP contribution in [0.25, 0.3) is 0 Å². The lowest BCUT2D eigenvalue weighted by molar-refractivity contribution is -0.0158. The highest BCUT2D eigenvalue weighted by Gasteiger charge is 2.48. The quantitative estimate of drug-likeness (QED) is 0.830. The highest BCUT2D eigenvalue weighted by Crippen LogP contribution is 2.53. The molecule has 2 unspecified atom stereocenters. The number of rotatable bonds is 3. The second kappa shape index (κ2) is 4.49. The standard InChI is InChI=1S/C16H27NO/c1-10-13(2-3-18-10)9-17-16-14-5-11-4-12(7-14)8-15(16)6-11/h10-17H,2-9H2,1H3. The first-order chi connectivity index (χ1) is 8.79. The van der Waals surface area contributed by atoms with E-state index in [2.05, 4.69) is 12.2 Å². The van der Waals surface area contributed by atoms with Gasteiger partial charge in [0.1, 0.15) is 0 Å². The van der Waals surface area contributed by atoms with Gasteiger partial charge in [-0.25, -0.2) is 0 Å². The van der Waals surface area contributed by atoms with E-state index in [1.807, 2.05) is 0 Å². The van der Waals surface area contributed by atoms with Crippen molar-refractivity contribution in [3.8, 4) is 0 Å². The van der Waals surface area contributed by atoms with Gasteiger partial charge in [0.15, 0.2) is 0 Å². The summed E-state index contributed by atoms with van der Waals surface area (Å²) in [6.45, 7) is 4.43. The molecule has 0 aromatic rings. The zero-order valence-electron chi connectivity index (χ0n) is 11.6. The summed E-state index contributed by atoms with van der Waals surface area (Å²) in [5, 5.41) is 3.96. The second-order valence-corrected chi connectivity index (χ2v) is 7.49. The van der Waals surface area contributed by atoms with Crippen molar-refractivity contribution in [1.82, 2.24) is 5.32 Å². The number of hydrogen-bond donors (Lipinski definition) is 1. The Morgan fingerprint density at radius 3 is 2.22 bits per heavy atom. The van der Waals surface area contributed by atoms with Crippen molar-refractivity contribution in [2.24, 2.45) is 29.6 Å². The number of nitrogens with one attached hydrogen (secondary N) is 1. The molecule has 5 aliphatic rings. The lowest BCUT2D eigenvalue weighted by atomic mass is 9.54. The third kappa shape index (κ3) is 1.92. The van der Waals surface area contributed by atoms with Gasteiger partial charge in [0.25, 0.3) is 0 Å².